The minimum absolute atomic E-state index is 0.195. The van der Waals surface area contributed by atoms with E-state index < -0.39 is 0 Å². The Balaban J connectivity index is 1.54. The molecule has 5 rings (SSSR count). The highest BCUT2D eigenvalue weighted by Gasteiger charge is 2.30. The summed E-state index contributed by atoms with van der Waals surface area (Å²) in [5.41, 5.74) is 8.27. The summed E-state index contributed by atoms with van der Waals surface area (Å²) in [5.74, 6) is 2.09. The molecule has 1 saturated heterocycles. The molecule has 0 bridgehead atoms. The van der Waals surface area contributed by atoms with Crippen LogP contribution in [0.2, 0.25) is 0 Å². The SMILES string of the molecule is CC(C)n1ncnc1-c1cn2c(n1)-c1ccc(N3CCC[C@@H]3C(N)=O)cc1OCC2. The molecular formula is C21H25N7O2. The fourth-order valence-electron chi connectivity index (χ4n) is 4.34. The number of nitrogens with two attached hydrogens (primary N) is 1. The Hall–Kier alpha value is -3.36. The molecule has 9 nitrogen and oxygen atoms in total. The summed E-state index contributed by atoms with van der Waals surface area (Å²) in [5, 5.41) is 4.33. The van der Waals surface area contributed by atoms with Crippen molar-refractivity contribution >= 4 is 11.6 Å². The van der Waals surface area contributed by atoms with Gasteiger partial charge in [0, 0.05) is 30.5 Å². The lowest BCUT2D eigenvalue weighted by atomic mass is 10.1. The van der Waals surface area contributed by atoms with Gasteiger partial charge in [-0.3, -0.25) is 4.79 Å². The van der Waals surface area contributed by atoms with Gasteiger partial charge in [0.05, 0.1) is 12.1 Å². The molecule has 0 spiro atoms. The van der Waals surface area contributed by atoms with Gasteiger partial charge in [-0.1, -0.05) is 0 Å². The number of hydrogen-bond acceptors (Lipinski definition) is 6. The molecule has 4 heterocycles. The van der Waals surface area contributed by atoms with Crippen LogP contribution in [0.5, 0.6) is 5.75 Å². The standard InChI is InChI=1S/C21H25N7O2/c1-13(2)28-21(23-12-24-28)16-11-26-8-9-30-18-10-14(5-6-15(18)20(26)25-16)27-7-3-4-17(27)19(22)29/h5-6,10-13,17H,3-4,7-9H2,1-2H3,(H2,22,29)/t17-/m1/s1. The van der Waals surface area contributed by atoms with Crippen LogP contribution < -0.4 is 15.4 Å². The van der Waals surface area contributed by atoms with E-state index in [2.05, 4.69) is 33.4 Å². The molecule has 1 amide bonds. The Morgan fingerprint density at radius 1 is 1.27 bits per heavy atom. The van der Waals surface area contributed by atoms with Crippen molar-refractivity contribution in [1.29, 1.82) is 0 Å². The molecule has 0 aliphatic carbocycles. The Morgan fingerprint density at radius 3 is 2.93 bits per heavy atom. The molecule has 156 valence electrons. The predicted molar refractivity (Wildman–Crippen MR) is 112 cm³/mol. The number of carbonyl (C=O) groups is 1. The molecule has 3 aromatic rings. The number of imidazole rings is 1. The highest BCUT2D eigenvalue weighted by Crippen LogP contribution is 2.38. The first-order valence-corrected chi connectivity index (χ1v) is 10.3. The number of carbonyl (C=O) groups excluding carboxylic acids is 1. The van der Waals surface area contributed by atoms with Crippen LogP contribution in [0.4, 0.5) is 5.69 Å². The fourth-order valence-corrected chi connectivity index (χ4v) is 4.34. The summed E-state index contributed by atoms with van der Waals surface area (Å²) in [6.45, 7) is 6.18. The summed E-state index contributed by atoms with van der Waals surface area (Å²) in [6.07, 6.45) is 5.32. The molecular weight excluding hydrogens is 382 g/mol. The molecule has 1 atom stereocenters. The quantitative estimate of drug-likeness (QED) is 0.711. The molecule has 9 heteroatoms. The van der Waals surface area contributed by atoms with Gasteiger partial charge in [-0.05, 0) is 38.8 Å². The minimum Gasteiger partial charge on any atom is -0.491 e. The van der Waals surface area contributed by atoms with Crippen molar-refractivity contribution in [3.63, 3.8) is 0 Å². The molecule has 2 aromatic heterocycles. The molecule has 2 aliphatic heterocycles. The Kier molecular flexibility index (Phi) is 4.45. The number of benzene rings is 1. The number of rotatable bonds is 4. The first-order chi connectivity index (χ1) is 14.5. The molecule has 0 radical (unpaired) electrons. The number of fused-ring (bicyclic) bond motifs is 3. The maximum Gasteiger partial charge on any atom is 0.240 e. The lowest BCUT2D eigenvalue weighted by Crippen LogP contribution is -2.40. The van der Waals surface area contributed by atoms with Crippen LogP contribution in [0.3, 0.4) is 0 Å². The molecule has 2 N–H and O–H groups in total. The second-order valence-electron chi connectivity index (χ2n) is 8.05. The molecule has 0 saturated carbocycles. The van der Waals surface area contributed by atoms with Crippen LogP contribution in [0.1, 0.15) is 32.7 Å². The lowest BCUT2D eigenvalue weighted by molar-refractivity contribution is -0.119. The summed E-state index contributed by atoms with van der Waals surface area (Å²) < 4.78 is 10.0. The largest absolute Gasteiger partial charge is 0.491 e. The van der Waals surface area contributed by atoms with Crippen molar-refractivity contribution in [1.82, 2.24) is 24.3 Å². The Bertz CT molecular complexity index is 1100. The first-order valence-electron chi connectivity index (χ1n) is 10.3. The molecule has 2 aliphatic rings. The summed E-state index contributed by atoms with van der Waals surface area (Å²) in [4.78, 5) is 23.2. The third-order valence-electron chi connectivity index (χ3n) is 5.78. The monoisotopic (exact) mass is 407 g/mol. The number of amides is 1. The topological polar surface area (TPSA) is 104 Å². The van der Waals surface area contributed by atoms with E-state index in [1.54, 1.807) is 6.33 Å². The van der Waals surface area contributed by atoms with Crippen LogP contribution >= 0.6 is 0 Å². The van der Waals surface area contributed by atoms with Crippen LogP contribution in [0.25, 0.3) is 22.9 Å². The zero-order valence-corrected chi connectivity index (χ0v) is 17.2. The van der Waals surface area contributed by atoms with Gasteiger partial charge >= 0.3 is 0 Å². The van der Waals surface area contributed by atoms with E-state index in [1.165, 1.54) is 0 Å². The molecule has 30 heavy (non-hydrogen) atoms. The van der Waals surface area contributed by atoms with E-state index in [4.69, 9.17) is 15.5 Å². The van der Waals surface area contributed by atoms with Crippen LogP contribution in [0.15, 0.2) is 30.7 Å². The van der Waals surface area contributed by atoms with Gasteiger partial charge in [0.15, 0.2) is 5.82 Å². The third kappa shape index (κ3) is 3.01. The number of ether oxygens (including phenoxy) is 1. The highest BCUT2D eigenvalue weighted by atomic mass is 16.5. The Morgan fingerprint density at radius 2 is 2.13 bits per heavy atom. The summed E-state index contributed by atoms with van der Waals surface area (Å²) in [7, 11) is 0. The van der Waals surface area contributed by atoms with Crippen molar-refractivity contribution < 1.29 is 9.53 Å². The van der Waals surface area contributed by atoms with Crippen molar-refractivity contribution in [2.45, 2.75) is 45.3 Å². The highest BCUT2D eigenvalue weighted by molar-refractivity contribution is 5.85. The number of hydrogen-bond donors (Lipinski definition) is 1. The van der Waals surface area contributed by atoms with E-state index in [0.29, 0.717) is 13.2 Å². The average Bonchev–Trinajstić information content (AvgIpc) is 3.45. The molecule has 1 fully saturated rings. The second-order valence-corrected chi connectivity index (χ2v) is 8.05. The van der Waals surface area contributed by atoms with Gasteiger partial charge in [-0.15, -0.1) is 0 Å². The molecule has 1 aromatic carbocycles. The lowest BCUT2D eigenvalue weighted by Gasteiger charge is -2.25. The average molecular weight is 407 g/mol. The molecule has 0 unspecified atom stereocenters. The smallest absolute Gasteiger partial charge is 0.240 e. The first kappa shape index (κ1) is 18.7. The fraction of sp³-hybridized carbons (Fsp3) is 0.429. The number of primary amides is 1. The van der Waals surface area contributed by atoms with Gasteiger partial charge in [0.2, 0.25) is 5.91 Å². The van der Waals surface area contributed by atoms with E-state index >= 15 is 0 Å². The van der Waals surface area contributed by atoms with Gasteiger partial charge in [0.25, 0.3) is 0 Å². The second kappa shape index (κ2) is 7.16. The maximum atomic E-state index is 11.8. The van der Waals surface area contributed by atoms with E-state index in [-0.39, 0.29) is 18.0 Å². The minimum atomic E-state index is -0.280. The normalized spacial score (nSPS) is 18.1. The van der Waals surface area contributed by atoms with E-state index in [0.717, 1.165) is 53.7 Å². The van der Waals surface area contributed by atoms with Gasteiger partial charge in [0.1, 0.15) is 36.2 Å². The van der Waals surface area contributed by atoms with Gasteiger partial charge in [-0.2, -0.15) is 5.10 Å². The zero-order valence-electron chi connectivity index (χ0n) is 17.2. The van der Waals surface area contributed by atoms with Gasteiger partial charge < -0.3 is 19.9 Å². The van der Waals surface area contributed by atoms with Crippen molar-refractivity contribution in [3.05, 3.63) is 30.7 Å². The van der Waals surface area contributed by atoms with Crippen molar-refractivity contribution in [2.75, 3.05) is 18.1 Å². The van der Waals surface area contributed by atoms with E-state index in [9.17, 15) is 4.79 Å². The van der Waals surface area contributed by atoms with Crippen LogP contribution in [0, 0.1) is 0 Å². The number of nitrogens with zero attached hydrogens (tertiary/aromatic N) is 6. The van der Waals surface area contributed by atoms with Crippen LogP contribution in [-0.4, -0.2) is 49.4 Å². The van der Waals surface area contributed by atoms with Crippen LogP contribution in [-0.2, 0) is 11.3 Å². The van der Waals surface area contributed by atoms with Gasteiger partial charge in [-0.25, -0.2) is 14.6 Å². The third-order valence-corrected chi connectivity index (χ3v) is 5.78. The maximum absolute atomic E-state index is 11.8. The predicted octanol–water partition coefficient (Wildman–Crippen LogP) is 2.24. The summed E-state index contributed by atoms with van der Waals surface area (Å²) >= 11 is 0. The number of anilines is 1. The van der Waals surface area contributed by atoms with E-state index in [1.807, 2.05) is 29.1 Å². The number of aromatic nitrogens is 5. The van der Waals surface area contributed by atoms with Crippen molar-refractivity contribution in [2.24, 2.45) is 5.73 Å². The summed E-state index contributed by atoms with van der Waals surface area (Å²) in [6, 6.07) is 5.97. The van der Waals surface area contributed by atoms with Crippen molar-refractivity contribution in [3.8, 4) is 28.7 Å². The zero-order chi connectivity index (χ0) is 20.8. The Labute approximate surface area is 174 Å².